The number of aliphatic hydroxyl groups excluding tert-OH is 1. The Balaban J connectivity index is 2.92. The van der Waals surface area contributed by atoms with E-state index in [9.17, 15) is 24.3 Å². The van der Waals surface area contributed by atoms with Crippen LogP contribution in [0.15, 0.2) is 70.3 Å². The highest BCUT2D eigenvalue weighted by molar-refractivity contribution is 6.24. The fourth-order valence-corrected chi connectivity index (χ4v) is 3.81. The number of esters is 2. The molecular formula is C29H40N2O7. The standard InChI is InChI=1S/C29H40N2O7/c1-8-30(9-2)21(5)13-14-23(19-32)27-28(35)26(29(27)36)20(4)11-12-22(6)31(10-3)17-18-38-25(34)16-15-24(33)37-7/h11-14,19,35H,5,8-10,15-18H2,1-4,6-7H3/b14-13-,20-11?,22-12?,27-23?. The second-order valence-corrected chi connectivity index (χ2v) is 8.53. The van der Waals surface area contributed by atoms with E-state index in [0.717, 1.165) is 18.8 Å². The van der Waals surface area contributed by atoms with Gasteiger partial charge in [0.25, 0.3) is 0 Å². The van der Waals surface area contributed by atoms with E-state index in [1.807, 2.05) is 43.6 Å². The second-order valence-electron chi connectivity index (χ2n) is 8.53. The van der Waals surface area contributed by atoms with Crippen LogP contribution in [-0.2, 0) is 28.7 Å². The molecule has 9 nitrogen and oxygen atoms in total. The lowest BCUT2D eigenvalue weighted by Gasteiger charge is -2.24. The summed E-state index contributed by atoms with van der Waals surface area (Å²) in [5.74, 6) is -1.54. The first-order chi connectivity index (χ1) is 18.1. The average molecular weight is 529 g/mol. The molecule has 1 aliphatic rings. The Morgan fingerprint density at radius 3 is 2.11 bits per heavy atom. The largest absolute Gasteiger partial charge is 0.506 e. The van der Waals surface area contributed by atoms with Crippen LogP contribution in [0.1, 0.15) is 47.5 Å². The third-order valence-electron chi connectivity index (χ3n) is 6.20. The highest BCUT2D eigenvalue weighted by Gasteiger charge is 2.36. The van der Waals surface area contributed by atoms with Gasteiger partial charge in [-0.3, -0.25) is 19.2 Å². The molecule has 0 amide bonds. The molecule has 208 valence electrons. The lowest BCUT2D eigenvalue weighted by molar-refractivity contribution is -0.149. The Labute approximate surface area is 225 Å². The summed E-state index contributed by atoms with van der Waals surface area (Å²) in [7, 11) is 1.26. The molecule has 0 radical (unpaired) electrons. The second kappa shape index (κ2) is 16.1. The minimum Gasteiger partial charge on any atom is -0.506 e. The van der Waals surface area contributed by atoms with Gasteiger partial charge in [-0.1, -0.05) is 12.7 Å². The van der Waals surface area contributed by atoms with Crippen LogP contribution in [0.5, 0.6) is 0 Å². The molecule has 0 aromatic rings. The van der Waals surface area contributed by atoms with Gasteiger partial charge in [-0.05, 0) is 58.4 Å². The zero-order valence-electron chi connectivity index (χ0n) is 23.3. The minimum atomic E-state index is -0.472. The number of ether oxygens (including phenoxy) is 2. The van der Waals surface area contributed by atoms with Crippen molar-refractivity contribution in [1.82, 2.24) is 9.80 Å². The molecule has 0 aromatic carbocycles. The summed E-state index contributed by atoms with van der Waals surface area (Å²) < 4.78 is 9.68. The van der Waals surface area contributed by atoms with E-state index in [0.29, 0.717) is 30.6 Å². The molecule has 0 bridgehead atoms. The van der Waals surface area contributed by atoms with Crippen molar-refractivity contribution in [2.24, 2.45) is 0 Å². The van der Waals surface area contributed by atoms with Gasteiger partial charge >= 0.3 is 11.9 Å². The van der Waals surface area contributed by atoms with Crippen molar-refractivity contribution >= 4 is 24.0 Å². The zero-order valence-corrected chi connectivity index (χ0v) is 23.3. The van der Waals surface area contributed by atoms with Gasteiger partial charge in [-0.25, -0.2) is 0 Å². The number of allylic oxidation sites excluding steroid dienone is 9. The molecule has 0 saturated heterocycles. The van der Waals surface area contributed by atoms with Gasteiger partial charge in [0, 0.05) is 36.6 Å². The predicted molar refractivity (Wildman–Crippen MR) is 146 cm³/mol. The van der Waals surface area contributed by atoms with Crippen LogP contribution < -0.4 is 0 Å². The maximum absolute atomic E-state index is 12.8. The smallest absolute Gasteiger partial charge is 0.306 e. The van der Waals surface area contributed by atoms with E-state index >= 15 is 0 Å². The van der Waals surface area contributed by atoms with Gasteiger partial charge in [0.1, 0.15) is 12.4 Å². The number of likely N-dealkylation sites (N-methyl/N-ethyl adjacent to an activating group) is 2. The van der Waals surface area contributed by atoms with Gasteiger partial charge in [-0.15, -0.1) is 0 Å². The van der Waals surface area contributed by atoms with Gasteiger partial charge in [0.2, 0.25) is 5.78 Å². The van der Waals surface area contributed by atoms with Crippen molar-refractivity contribution in [3.8, 4) is 0 Å². The molecular weight excluding hydrogens is 488 g/mol. The number of hydrogen-bond acceptors (Lipinski definition) is 9. The maximum Gasteiger partial charge on any atom is 0.306 e. The predicted octanol–water partition coefficient (Wildman–Crippen LogP) is 3.96. The first-order valence-electron chi connectivity index (χ1n) is 12.7. The van der Waals surface area contributed by atoms with Gasteiger partial charge < -0.3 is 24.4 Å². The number of carbonyl (C=O) groups is 4. The minimum absolute atomic E-state index is 0.00347. The van der Waals surface area contributed by atoms with E-state index in [1.54, 1.807) is 19.1 Å². The number of ketones is 1. The zero-order chi connectivity index (χ0) is 28.8. The molecule has 0 heterocycles. The van der Waals surface area contributed by atoms with Crippen molar-refractivity contribution in [1.29, 1.82) is 0 Å². The van der Waals surface area contributed by atoms with Crippen LogP contribution in [0.4, 0.5) is 0 Å². The van der Waals surface area contributed by atoms with Crippen molar-refractivity contribution in [3.63, 3.8) is 0 Å². The molecule has 1 aliphatic carbocycles. The normalized spacial score (nSPS) is 15.3. The molecule has 0 spiro atoms. The molecule has 9 heteroatoms. The van der Waals surface area contributed by atoms with Gasteiger partial charge in [0.15, 0.2) is 6.29 Å². The summed E-state index contributed by atoms with van der Waals surface area (Å²) in [6.07, 6.45) is 7.18. The fourth-order valence-electron chi connectivity index (χ4n) is 3.81. The third kappa shape index (κ3) is 8.90. The lowest BCUT2D eigenvalue weighted by atomic mass is 9.81. The summed E-state index contributed by atoms with van der Waals surface area (Å²) in [5.41, 5.74) is 2.40. The van der Waals surface area contributed by atoms with Crippen LogP contribution in [-0.4, -0.2) is 78.8 Å². The summed E-state index contributed by atoms with van der Waals surface area (Å²) in [4.78, 5) is 51.3. The van der Waals surface area contributed by atoms with Crippen molar-refractivity contribution < 1.29 is 33.8 Å². The summed E-state index contributed by atoms with van der Waals surface area (Å²) in [6.45, 7) is 16.3. The Hall–Kier alpha value is -3.88. The molecule has 0 unspecified atom stereocenters. The first kappa shape index (κ1) is 32.1. The number of hydrogen-bond donors (Lipinski definition) is 1. The number of methoxy groups -OCH3 is 1. The van der Waals surface area contributed by atoms with E-state index in [2.05, 4.69) is 11.3 Å². The molecule has 0 fully saturated rings. The molecule has 0 aromatic heterocycles. The summed E-state index contributed by atoms with van der Waals surface area (Å²) in [6, 6.07) is 0. The Morgan fingerprint density at radius 2 is 1.58 bits per heavy atom. The highest BCUT2D eigenvalue weighted by Crippen LogP contribution is 2.35. The molecule has 1 rings (SSSR count). The van der Waals surface area contributed by atoms with Crippen molar-refractivity contribution in [3.05, 3.63) is 70.3 Å². The van der Waals surface area contributed by atoms with Crippen molar-refractivity contribution in [2.45, 2.75) is 47.5 Å². The van der Waals surface area contributed by atoms with Gasteiger partial charge in [-0.2, -0.15) is 0 Å². The van der Waals surface area contributed by atoms with Gasteiger partial charge in [0.05, 0.1) is 37.6 Å². The molecule has 1 N–H and O–H groups in total. The van der Waals surface area contributed by atoms with E-state index in [4.69, 9.17) is 4.74 Å². The quantitative estimate of drug-likeness (QED) is 0.138. The Morgan fingerprint density at radius 1 is 0.974 bits per heavy atom. The number of rotatable bonds is 16. The number of aliphatic hydroxyl groups is 1. The Bertz CT molecular complexity index is 1070. The van der Waals surface area contributed by atoms with Crippen LogP contribution in [0, 0.1) is 0 Å². The van der Waals surface area contributed by atoms with Crippen molar-refractivity contribution in [2.75, 3.05) is 39.9 Å². The van der Waals surface area contributed by atoms with Crippen LogP contribution in [0.25, 0.3) is 0 Å². The van der Waals surface area contributed by atoms with Crippen LogP contribution in [0.2, 0.25) is 0 Å². The van der Waals surface area contributed by atoms with E-state index in [-0.39, 0.29) is 41.9 Å². The Kier molecular flexibility index (Phi) is 13.6. The summed E-state index contributed by atoms with van der Waals surface area (Å²) in [5, 5.41) is 10.6. The van der Waals surface area contributed by atoms with E-state index in [1.165, 1.54) is 13.2 Å². The van der Waals surface area contributed by atoms with Crippen LogP contribution >= 0.6 is 0 Å². The highest BCUT2D eigenvalue weighted by atomic mass is 16.5. The number of Topliss-reactive ketones (excluding diaryl/α,β-unsaturated/α-hetero) is 1. The SMILES string of the molecule is C=C(/C=C\C(C=O)=C1C(=O)C(C(C)=CC=C(C)N(CC)CCOC(=O)CCC(=O)OC)=C1O)N(CC)CC. The molecule has 0 aliphatic heterocycles. The van der Waals surface area contributed by atoms with E-state index < -0.39 is 17.7 Å². The lowest BCUT2D eigenvalue weighted by Crippen LogP contribution is -2.27. The monoisotopic (exact) mass is 528 g/mol. The molecule has 0 saturated carbocycles. The average Bonchev–Trinajstić information content (AvgIpc) is 2.91. The summed E-state index contributed by atoms with van der Waals surface area (Å²) >= 11 is 0. The molecule has 38 heavy (non-hydrogen) atoms. The van der Waals surface area contributed by atoms with Crippen LogP contribution in [0.3, 0.4) is 0 Å². The molecule has 0 atom stereocenters. The number of aldehydes is 1. The number of nitrogens with zero attached hydrogens (tertiary/aromatic N) is 2. The fraction of sp³-hybridized carbons (Fsp3) is 0.448. The topological polar surface area (TPSA) is 113 Å². The first-order valence-corrected chi connectivity index (χ1v) is 12.7. The third-order valence-corrected chi connectivity index (χ3v) is 6.20. The maximum atomic E-state index is 12.8. The number of carbonyl (C=O) groups excluding carboxylic acids is 4.